The Kier molecular flexibility index (Phi) is 5.83. The van der Waals surface area contributed by atoms with Gasteiger partial charge in [0.05, 0.1) is 6.04 Å². The number of carbonyl (C=O) groups is 1. The number of benzene rings is 1. The van der Waals surface area contributed by atoms with Crippen molar-refractivity contribution in [2.75, 3.05) is 6.54 Å². The highest BCUT2D eigenvalue weighted by Gasteiger charge is 2.16. The number of carbonyl (C=O) groups excluding carboxylic acids is 1. The Morgan fingerprint density at radius 2 is 1.74 bits per heavy atom. The van der Waals surface area contributed by atoms with Gasteiger partial charge in [0.1, 0.15) is 5.75 Å². The van der Waals surface area contributed by atoms with E-state index in [-0.39, 0.29) is 23.7 Å². The van der Waals surface area contributed by atoms with Gasteiger partial charge in [-0.1, -0.05) is 26.0 Å². The molecule has 0 aliphatic carbocycles. The third-order valence-corrected chi connectivity index (χ3v) is 2.97. The number of nitrogens with one attached hydrogen (secondary N) is 2. The monoisotopic (exact) mass is 264 g/mol. The molecule has 0 aliphatic heterocycles. The van der Waals surface area contributed by atoms with Crippen LogP contribution in [0.3, 0.4) is 0 Å². The fourth-order valence-electron chi connectivity index (χ4n) is 1.77. The van der Waals surface area contributed by atoms with E-state index in [4.69, 9.17) is 0 Å². The lowest BCUT2D eigenvalue weighted by Crippen LogP contribution is -2.44. The van der Waals surface area contributed by atoms with E-state index in [2.05, 4.69) is 24.5 Å². The molecule has 0 heterocycles. The van der Waals surface area contributed by atoms with Crippen molar-refractivity contribution in [3.05, 3.63) is 29.8 Å². The van der Waals surface area contributed by atoms with E-state index in [0.717, 1.165) is 5.56 Å². The van der Waals surface area contributed by atoms with E-state index in [1.807, 2.05) is 26.0 Å². The SMILES string of the molecule is CC(C)CNC(=O)C(C)NC(C)c1ccc(O)cc1. The van der Waals surface area contributed by atoms with Crippen LogP contribution in [-0.4, -0.2) is 23.6 Å². The van der Waals surface area contributed by atoms with E-state index in [1.165, 1.54) is 0 Å². The van der Waals surface area contributed by atoms with Crippen LogP contribution in [-0.2, 0) is 4.79 Å². The van der Waals surface area contributed by atoms with Crippen LogP contribution in [0.2, 0.25) is 0 Å². The number of phenolic OH excluding ortho intramolecular Hbond substituents is 1. The molecule has 4 nitrogen and oxygen atoms in total. The minimum atomic E-state index is -0.248. The normalized spacial score (nSPS) is 14.2. The first-order valence-electron chi connectivity index (χ1n) is 6.73. The molecule has 0 aliphatic rings. The molecule has 0 spiro atoms. The van der Waals surface area contributed by atoms with Gasteiger partial charge in [0.15, 0.2) is 0 Å². The number of phenols is 1. The van der Waals surface area contributed by atoms with Crippen LogP contribution >= 0.6 is 0 Å². The zero-order valence-electron chi connectivity index (χ0n) is 12.1. The highest BCUT2D eigenvalue weighted by Crippen LogP contribution is 2.16. The van der Waals surface area contributed by atoms with Gasteiger partial charge in [0.25, 0.3) is 0 Å². The van der Waals surface area contributed by atoms with Crippen molar-refractivity contribution in [1.29, 1.82) is 0 Å². The molecule has 1 amide bonds. The minimum absolute atomic E-state index is 0.0133. The quantitative estimate of drug-likeness (QED) is 0.738. The lowest BCUT2D eigenvalue weighted by atomic mass is 10.1. The van der Waals surface area contributed by atoms with E-state index >= 15 is 0 Å². The average Bonchev–Trinajstić information content (AvgIpc) is 2.36. The maximum atomic E-state index is 11.9. The molecule has 2 atom stereocenters. The number of aromatic hydroxyl groups is 1. The van der Waals surface area contributed by atoms with Crippen LogP contribution in [0.1, 0.15) is 39.3 Å². The lowest BCUT2D eigenvalue weighted by molar-refractivity contribution is -0.123. The van der Waals surface area contributed by atoms with Crippen LogP contribution in [0.4, 0.5) is 0 Å². The summed E-state index contributed by atoms with van der Waals surface area (Å²) in [6, 6.07) is 6.81. The smallest absolute Gasteiger partial charge is 0.236 e. The van der Waals surface area contributed by atoms with Gasteiger partial charge < -0.3 is 10.4 Å². The molecule has 0 radical (unpaired) electrons. The first-order valence-corrected chi connectivity index (χ1v) is 6.73. The zero-order chi connectivity index (χ0) is 14.4. The van der Waals surface area contributed by atoms with E-state index in [0.29, 0.717) is 12.5 Å². The fraction of sp³-hybridized carbons (Fsp3) is 0.533. The van der Waals surface area contributed by atoms with E-state index in [9.17, 15) is 9.90 Å². The minimum Gasteiger partial charge on any atom is -0.508 e. The van der Waals surface area contributed by atoms with Crippen molar-refractivity contribution in [1.82, 2.24) is 10.6 Å². The third-order valence-electron chi connectivity index (χ3n) is 2.97. The maximum absolute atomic E-state index is 11.9. The molecule has 0 saturated heterocycles. The van der Waals surface area contributed by atoms with E-state index < -0.39 is 0 Å². The van der Waals surface area contributed by atoms with Crippen molar-refractivity contribution >= 4 is 5.91 Å². The van der Waals surface area contributed by atoms with Gasteiger partial charge in [-0.05, 0) is 37.5 Å². The second-order valence-electron chi connectivity index (χ2n) is 5.34. The fourth-order valence-corrected chi connectivity index (χ4v) is 1.77. The molecule has 4 heteroatoms. The van der Waals surface area contributed by atoms with E-state index in [1.54, 1.807) is 12.1 Å². The Bertz CT molecular complexity index is 401. The van der Waals surface area contributed by atoms with Gasteiger partial charge in [0.2, 0.25) is 5.91 Å². The summed E-state index contributed by atoms with van der Waals surface area (Å²) >= 11 is 0. The summed E-state index contributed by atoms with van der Waals surface area (Å²) < 4.78 is 0. The summed E-state index contributed by atoms with van der Waals surface area (Å²) in [5.41, 5.74) is 1.04. The number of rotatable bonds is 6. The summed E-state index contributed by atoms with van der Waals surface area (Å²) in [5, 5.41) is 15.4. The van der Waals surface area contributed by atoms with Crippen molar-refractivity contribution in [3.63, 3.8) is 0 Å². The van der Waals surface area contributed by atoms with Crippen LogP contribution in [0.5, 0.6) is 5.75 Å². The Morgan fingerprint density at radius 3 is 2.26 bits per heavy atom. The van der Waals surface area contributed by atoms with Crippen LogP contribution in [0.15, 0.2) is 24.3 Å². The summed E-state index contributed by atoms with van der Waals surface area (Å²) in [6.45, 7) is 8.68. The lowest BCUT2D eigenvalue weighted by Gasteiger charge is -2.20. The second-order valence-corrected chi connectivity index (χ2v) is 5.34. The molecule has 0 bridgehead atoms. The summed E-state index contributed by atoms with van der Waals surface area (Å²) in [5.74, 6) is 0.712. The Hall–Kier alpha value is -1.55. The molecule has 1 rings (SSSR count). The Balaban J connectivity index is 2.49. The van der Waals surface area contributed by atoms with Crippen molar-refractivity contribution in [3.8, 4) is 5.75 Å². The predicted octanol–water partition coefficient (Wildman–Crippen LogP) is 2.20. The topological polar surface area (TPSA) is 61.4 Å². The highest BCUT2D eigenvalue weighted by atomic mass is 16.3. The first kappa shape index (κ1) is 15.5. The van der Waals surface area contributed by atoms with Gasteiger partial charge in [-0.15, -0.1) is 0 Å². The molecule has 3 N–H and O–H groups in total. The van der Waals surface area contributed by atoms with Gasteiger partial charge in [0, 0.05) is 12.6 Å². The molecule has 106 valence electrons. The molecule has 0 fully saturated rings. The number of hydrogen-bond donors (Lipinski definition) is 3. The average molecular weight is 264 g/mol. The molecule has 0 saturated carbocycles. The Morgan fingerprint density at radius 1 is 1.16 bits per heavy atom. The number of amides is 1. The maximum Gasteiger partial charge on any atom is 0.236 e. The summed E-state index contributed by atoms with van der Waals surface area (Å²) in [6.07, 6.45) is 0. The highest BCUT2D eigenvalue weighted by molar-refractivity contribution is 5.81. The molecule has 19 heavy (non-hydrogen) atoms. The Labute approximate surface area is 115 Å². The van der Waals surface area contributed by atoms with Crippen LogP contribution in [0, 0.1) is 5.92 Å². The summed E-state index contributed by atoms with van der Waals surface area (Å²) in [4.78, 5) is 11.9. The van der Waals surface area contributed by atoms with Crippen molar-refractivity contribution in [2.45, 2.75) is 39.8 Å². The molecular formula is C15H24N2O2. The molecule has 1 aromatic carbocycles. The van der Waals surface area contributed by atoms with Gasteiger partial charge in [-0.2, -0.15) is 0 Å². The molecular weight excluding hydrogens is 240 g/mol. The third kappa shape index (κ3) is 5.30. The predicted molar refractivity (Wildman–Crippen MR) is 77.0 cm³/mol. The molecule has 1 aromatic rings. The molecule has 0 aromatic heterocycles. The largest absolute Gasteiger partial charge is 0.508 e. The number of hydrogen-bond acceptors (Lipinski definition) is 3. The van der Waals surface area contributed by atoms with Gasteiger partial charge in [-0.25, -0.2) is 0 Å². The standard InChI is InChI=1S/C15H24N2O2/c1-10(2)9-16-15(19)12(4)17-11(3)13-5-7-14(18)8-6-13/h5-8,10-12,17-18H,9H2,1-4H3,(H,16,19). The van der Waals surface area contributed by atoms with Gasteiger partial charge in [-0.3, -0.25) is 10.1 Å². The summed E-state index contributed by atoms with van der Waals surface area (Å²) in [7, 11) is 0. The van der Waals surface area contributed by atoms with Crippen molar-refractivity contribution in [2.24, 2.45) is 5.92 Å². The first-order chi connectivity index (χ1) is 8.90. The zero-order valence-corrected chi connectivity index (χ0v) is 12.1. The van der Waals surface area contributed by atoms with Crippen LogP contribution < -0.4 is 10.6 Å². The van der Waals surface area contributed by atoms with Gasteiger partial charge >= 0.3 is 0 Å². The second kappa shape index (κ2) is 7.14. The van der Waals surface area contributed by atoms with Crippen LogP contribution in [0.25, 0.3) is 0 Å². The van der Waals surface area contributed by atoms with Crippen molar-refractivity contribution < 1.29 is 9.90 Å². The molecule has 2 unspecified atom stereocenters.